The molecule has 7 heteroatoms. The van der Waals surface area contributed by atoms with E-state index in [1.54, 1.807) is 0 Å². The standard InChI is InChI=1S/C67H44N6O/c1-3-16-45(17-4-1)65-69-61(41-40-53-51-22-9-7-20-49(51)50-21-8-10-23-52(50)53)70-67(71-65)73-60-29-14-12-25-55(60)57-39-38-56-54-24-11-13-28-59(54)72(62(56)63(57)73)47-36-34-43(35-37-47)42-30-32-44(33-31-42)48-26-15-27-58-64(48)74-66(68-58)46-18-5-2-6-19-46/h1-39,53H,40-41H2. The Kier molecular flexibility index (Phi) is 9.63. The van der Waals surface area contributed by atoms with Crippen molar-refractivity contribution in [1.29, 1.82) is 0 Å². The molecule has 1 aliphatic rings. The SMILES string of the molecule is c1ccc(-c2nc(CCC3c4ccccc4-c4ccccc43)nc(-n3c4ccccc4c4ccc5c6ccccc6n(-c6ccc(-c7ccc(-c8cccc9nc(-c%10ccccc%10)oc89)cc7)cc6)c5c43)n2)cc1. The number of para-hydroxylation sites is 3. The van der Waals surface area contributed by atoms with Gasteiger partial charge in [0.25, 0.3) is 0 Å². The second-order valence-corrected chi connectivity index (χ2v) is 19.2. The third-order valence-electron chi connectivity index (χ3n) is 15.1. The molecule has 74 heavy (non-hydrogen) atoms. The molecule has 7 nitrogen and oxygen atoms in total. The third kappa shape index (κ3) is 6.74. The van der Waals surface area contributed by atoms with Gasteiger partial charge in [0.05, 0.1) is 22.1 Å². The smallest absolute Gasteiger partial charge is 0.238 e. The summed E-state index contributed by atoms with van der Waals surface area (Å²) < 4.78 is 11.1. The molecule has 0 bridgehead atoms. The number of hydrogen-bond acceptors (Lipinski definition) is 5. The zero-order valence-electron chi connectivity index (χ0n) is 40.1. The van der Waals surface area contributed by atoms with Crippen molar-refractivity contribution in [2.45, 2.75) is 18.8 Å². The van der Waals surface area contributed by atoms with Crippen LogP contribution in [0.1, 0.15) is 29.3 Å². The first-order chi connectivity index (χ1) is 36.7. The van der Waals surface area contributed by atoms with Crippen LogP contribution in [0.3, 0.4) is 0 Å². The molecule has 0 amide bonds. The van der Waals surface area contributed by atoms with Crippen LogP contribution in [0.15, 0.2) is 241 Å². The summed E-state index contributed by atoms with van der Waals surface area (Å²) in [6, 6.07) is 83.8. The maximum atomic E-state index is 6.39. The number of aryl methyl sites for hydroxylation is 1. The van der Waals surface area contributed by atoms with Crippen molar-refractivity contribution in [3.63, 3.8) is 0 Å². The van der Waals surface area contributed by atoms with Crippen molar-refractivity contribution < 1.29 is 4.42 Å². The van der Waals surface area contributed by atoms with Crippen molar-refractivity contribution in [3.8, 4) is 67.9 Å². The van der Waals surface area contributed by atoms with Crippen LogP contribution in [-0.4, -0.2) is 29.1 Å². The number of rotatable bonds is 9. The van der Waals surface area contributed by atoms with Gasteiger partial charge in [0.15, 0.2) is 11.4 Å². The minimum absolute atomic E-state index is 0.242. The molecule has 15 rings (SSSR count). The maximum Gasteiger partial charge on any atom is 0.238 e. The number of oxazole rings is 1. The van der Waals surface area contributed by atoms with Gasteiger partial charge < -0.3 is 8.98 Å². The van der Waals surface area contributed by atoms with Crippen LogP contribution in [0.5, 0.6) is 0 Å². The van der Waals surface area contributed by atoms with Crippen molar-refractivity contribution >= 4 is 54.7 Å². The lowest BCUT2D eigenvalue weighted by molar-refractivity contribution is 0.621. The Morgan fingerprint density at radius 3 is 1.59 bits per heavy atom. The van der Waals surface area contributed by atoms with Crippen molar-refractivity contribution in [2.24, 2.45) is 0 Å². The molecule has 4 heterocycles. The van der Waals surface area contributed by atoms with E-state index in [0.29, 0.717) is 24.1 Å². The van der Waals surface area contributed by atoms with Gasteiger partial charge in [0, 0.05) is 56.3 Å². The van der Waals surface area contributed by atoms with Gasteiger partial charge in [0.1, 0.15) is 11.3 Å². The lowest BCUT2D eigenvalue weighted by atomic mass is 9.92. The molecule has 0 unspecified atom stereocenters. The van der Waals surface area contributed by atoms with Gasteiger partial charge in [-0.05, 0) is 87.8 Å². The molecule has 0 N–H and O–H groups in total. The van der Waals surface area contributed by atoms with Crippen LogP contribution in [-0.2, 0) is 6.42 Å². The van der Waals surface area contributed by atoms with Crippen molar-refractivity contribution in [1.82, 2.24) is 29.1 Å². The van der Waals surface area contributed by atoms with E-state index in [0.717, 1.165) is 101 Å². The minimum Gasteiger partial charge on any atom is -0.435 e. The predicted molar refractivity (Wildman–Crippen MR) is 300 cm³/mol. The Labute approximate surface area is 426 Å². The quantitative estimate of drug-likeness (QED) is 0.144. The minimum atomic E-state index is 0.242. The zero-order chi connectivity index (χ0) is 48.7. The first kappa shape index (κ1) is 42.0. The van der Waals surface area contributed by atoms with E-state index in [1.807, 2.05) is 48.5 Å². The molecule has 0 atom stereocenters. The van der Waals surface area contributed by atoms with E-state index in [9.17, 15) is 0 Å². The van der Waals surface area contributed by atoms with Crippen LogP contribution in [0, 0.1) is 0 Å². The monoisotopic (exact) mass is 948 g/mol. The fourth-order valence-corrected chi connectivity index (χ4v) is 11.7. The molecular weight excluding hydrogens is 905 g/mol. The van der Waals surface area contributed by atoms with Gasteiger partial charge in [-0.25, -0.2) is 9.97 Å². The highest BCUT2D eigenvalue weighted by atomic mass is 16.3. The van der Waals surface area contributed by atoms with Crippen molar-refractivity contribution in [2.75, 3.05) is 0 Å². The number of hydrogen-bond donors (Lipinski definition) is 0. The van der Waals surface area contributed by atoms with Crippen LogP contribution in [0.25, 0.3) is 123 Å². The highest BCUT2D eigenvalue weighted by molar-refractivity contribution is 6.23. The second kappa shape index (κ2) is 17.0. The largest absolute Gasteiger partial charge is 0.435 e. The Hall–Kier alpha value is -9.72. The van der Waals surface area contributed by atoms with E-state index in [1.165, 1.54) is 27.6 Å². The van der Waals surface area contributed by atoms with Gasteiger partial charge in [0.2, 0.25) is 11.8 Å². The predicted octanol–water partition coefficient (Wildman–Crippen LogP) is 16.6. The average molecular weight is 949 g/mol. The number of aromatic nitrogens is 6. The third-order valence-corrected chi connectivity index (χ3v) is 15.1. The molecule has 10 aromatic carbocycles. The van der Waals surface area contributed by atoms with Crippen LogP contribution >= 0.6 is 0 Å². The van der Waals surface area contributed by atoms with E-state index in [-0.39, 0.29) is 5.92 Å². The van der Waals surface area contributed by atoms with Crippen LogP contribution in [0.4, 0.5) is 0 Å². The van der Waals surface area contributed by atoms with E-state index < -0.39 is 0 Å². The number of benzene rings is 10. The Morgan fingerprint density at radius 2 is 0.919 bits per heavy atom. The molecule has 4 aromatic heterocycles. The summed E-state index contributed by atoms with van der Waals surface area (Å²) in [6.07, 6.45) is 1.55. The highest BCUT2D eigenvalue weighted by Gasteiger charge is 2.29. The molecule has 0 saturated heterocycles. The fraction of sp³-hybridized carbons (Fsp3) is 0.0448. The molecule has 0 fully saturated rings. The average Bonchev–Trinajstić information content (AvgIpc) is 4.25. The molecular formula is C67H44N6O. The van der Waals surface area contributed by atoms with Crippen LogP contribution in [0.2, 0.25) is 0 Å². The normalized spacial score (nSPS) is 12.4. The zero-order valence-corrected chi connectivity index (χ0v) is 40.1. The molecule has 0 aliphatic heterocycles. The summed E-state index contributed by atoms with van der Waals surface area (Å²) in [6.45, 7) is 0. The molecule has 1 aliphatic carbocycles. The summed E-state index contributed by atoms with van der Waals surface area (Å²) in [5.41, 5.74) is 18.6. The van der Waals surface area contributed by atoms with E-state index in [4.69, 9.17) is 24.4 Å². The van der Waals surface area contributed by atoms with Gasteiger partial charge in [-0.1, -0.05) is 194 Å². The maximum absolute atomic E-state index is 6.39. The summed E-state index contributed by atoms with van der Waals surface area (Å²) in [7, 11) is 0. The molecule has 348 valence electrons. The van der Waals surface area contributed by atoms with Gasteiger partial charge in [-0.2, -0.15) is 9.97 Å². The topological polar surface area (TPSA) is 74.6 Å². The summed E-state index contributed by atoms with van der Waals surface area (Å²) in [5.74, 6) is 2.90. The van der Waals surface area contributed by atoms with Gasteiger partial charge in [-0.3, -0.25) is 4.57 Å². The summed E-state index contributed by atoms with van der Waals surface area (Å²) in [5, 5.41) is 4.61. The van der Waals surface area contributed by atoms with Crippen LogP contribution < -0.4 is 0 Å². The lowest BCUT2D eigenvalue weighted by Gasteiger charge is -2.15. The summed E-state index contributed by atoms with van der Waals surface area (Å²) >= 11 is 0. The van der Waals surface area contributed by atoms with E-state index in [2.05, 4.69) is 197 Å². The molecule has 0 saturated carbocycles. The Morgan fingerprint density at radius 1 is 0.378 bits per heavy atom. The van der Waals surface area contributed by atoms with Crippen molar-refractivity contribution in [3.05, 3.63) is 254 Å². The van der Waals surface area contributed by atoms with E-state index >= 15 is 0 Å². The highest BCUT2D eigenvalue weighted by Crippen LogP contribution is 2.47. The Bertz CT molecular complexity index is 4430. The molecule has 0 radical (unpaired) electrons. The molecule has 0 spiro atoms. The Balaban J connectivity index is 0.855. The van der Waals surface area contributed by atoms with Gasteiger partial charge in [-0.15, -0.1) is 0 Å². The number of fused-ring (bicyclic) bond motifs is 11. The molecule has 14 aromatic rings. The number of nitrogens with zero attached hydrogens (tertiary/aromatic N) is 6. The first-order valence-corrected chi connectivity index (χ1v) is 25.3. The summed E-state index contributed by atoms with van der Waals surface area (Å²) in [4.78, 5) is 20.9. The first-order valence-electron chi connectivity index (χ1n) is 25.3. The second-order valence-electron chi connectivity index (χ2n) is 19.2. The van der Waals surface area contributed by atoms with Gasteiger partial charge >= 0.3 is 0 Å². The lowest BCUT2D eigenvalue weighted by Crippen LogP contribution is -2.10. The fourth-order valence-electron chi connectivity index (χ4n) is 11.7.